The van der Waals surface area contributed by atoms with E-state index < -0.39 is 0 Å². The summed E-state index contributed by atoms with van der Waals surface area (Å²) in [7, 11) is 0. The highest BCUT2D eigenvalue weighted by molar-refractivity contribution is 5.09. The minimum Gasteiger partial charge on any atom is -0.337 e. The van der Waals surface area contributed by atoms with Crippen LogP contribution in [0.25, 0.3) is 0 Å². The highest BCUT2D eigenvalue weighted by atomic mass is 16.5. The van der Waals surface area contributed by atoms with E-state index >= 15 is 0 Å². The Labute approximate surface area is 128 Å². The van der Waals surface area contributed by atoms with Crippen molar-refractivity contribution in [1.82, 2.24) is 15.5 Å². The predicted octanol–water partition coefficient (Wildman–Crippen LogP) is 4.13. The van der Waals surface area contributed by atoms with Crippen LogP contribution in [0.5, 0.6) is 0 Å². The van der Waals surface area contributed by atoms with Crippen molar-refractivity contribution in [3.05, 3.63) is 11.7 Å². The number of nitrogens with one attached hydrogen (secondary N) is 1. The second-order valence-corrected chi connectivity index (χ2v) is 6.96. The fourth-order valence-corrected chi connectivity index (χ4v) is 4.23. The second kappa shape index (κ2) is 6.47. The van der Waals surface area contributed by atoms with Gasteiger partial charge < -0.3 is 9.84 Å². The maximum absolute atomic E-state index is 5.70. The lowest BCUT2D eigenvalue weighted by molar-refractivity contribution is 0.239. The highest BCUT2D eigenvalue weighted by Gasteiger charge is 2.40. The van der Waals surface area contributed by atoms with Crippen molar-refractivity contribution in [1.29, 1.82) is 0 Å². The summed E-state index contributed by atoms with van der Waals surface area (Å²) >= 11 is 0. The maximum Gasteiger partial charge on any atom is 0.246 e. The number of rotatable bonds is 5. The van der Waals surface area contributed by atoms with E-state index in [9.17, 15) is 0 Å². The number of hydrogen-bond acceptors (Lipinski definition) is 4. The molecule has 0 spiro atoms. The smallest absolute Gasteiger partial charge is 0.246 e. The maximum atomic E-state index is 5.70. The molecule has 1 aromatic heterocycles. The average Bonchev–Trinajstić information content (AvgIpc) is 3.17. The van der Waals surface area contributed by atoms with E-state index in [2.05, 4.69) is 24.3 Å². The molecule has 2 heterocycles. The molecule has 21 heavy (non-hydrogen) atoms. The molecule has 4 heteroatoms. The Kier molecular flexibility index (Phi) is 4.63. The standard InChI is InChI=1S/C17H29N3O/c1-3-9-17(10-6-11-18-17)16-19-15(20-21-16)14-8-5-7-13(4-2)12-14/h13-14,18H,3-12H2,1-2H3. The fraction of sp³-hybridized carbons (Fsp3) is 0.882. The van der Waals surface area contributed by atoms with Gasteiger partial charge in [0.2, 0.25) is 5.89 Å². The highest BCUT2D eigenvalue weighted by Crippen LogP contribution is 2.39. The summed E-state index contributed by atoms with van der Waals surface area (Å²) < 4.78 is 5.70. The lowest BCUT2D eigenvalue weighted by atomic mass is 9.80. The molecule has 0 amide bonds. The summed E-state index contributed by atoms with van der Waals surface area (Å²) in [6, 6.07) is 0. The van der Waals surface area contributed by atoms with Gasteiger partial charge in [0.05, 0.1) is 5.54 Å². The van der Waals surface area contributed by atoms with Gasteiger partial charge in [-0.25, -0.2) is 0 Å². The lowest BCUT2D eigenvalue weighted by Gasteiger charge is -2.26. The molecule has 1 aliphatic heterocycles. The van der Waals surface area contributed by atoms with Gasteiger partial charge in [-0.2, -0.15) is 4.98 Å². The molecule has 1 saturated carbocycles. The van der Waals surface area contributed by atoms with Crippen LogP contribution in [0.4, 0.5) is 0 Å². The molecule has 1 aliphatic carbocycles. The van der Waals surface area contributed by atoms with Crippen LogP contribution in [-0.2, 0) is 5.54 Å². The first-order valence-corrected chi connectivity index (χ1v) is 8.86. The third kappa shape index (κ3) is 3.01. The molecule has 0 aromatic carbocycles. The SMILES string of the molecule is CCCC1(c2nc(C3CCCC(CC)C3)no2)CCCN1. The van der Waals surface area contributed by atoms with E-state index in [-0.39, 0.29) is 5.54 Å². The van der Waals surface area contributed by atoms with Gasteiger partial charge in [0.15, 0.2) is 5.82 Å². The van der Waals surface area contributed by atoms with Crippen LogP contribution in [0.15, 0.2) is 4.52 Å². The van der Waals surface area contributed by atoms with Crippen molar-refractivity contribution < 1.29 is 4.52 Å². The van der Waals surface area contributed by atoms with E-state index in [1.165, 1.54) is 38.5 Å². The first kappa shape index (κ1) is 15.0. The molecule has 2 fully saturated rings. The van der Waals surface area contributed by atoms with Gasteiger partial charge in [-0.05, 0) is 44.6 Å². The number of hydrogen-bond donors (Lipinski definition) is 1. The molecule has 3 rings (SSSR count). The summed E-state index contributed by atoms with van der Waals surface area (Å²) in [5.41, 5.74) is -0.0428. The molecule has 1 aromatic rings. The first-order chi connectivity index (χ1) is 10.3. The third-order valence-corrected chi connectivity index (χ3v) is 5.50. The van der Waals surface area contributed by atoms with Crippen LogP contribution in [0, 0.1) is 5.92 Å². The van der Waals surface area contributed by atoms with Crippen molar-refractivity contribution in [3.8, 4) is 0 Å². The molecular formula is C17H29N3O. The van der Waals surface area contributed by atoms with Crippen LogP contribution in [0.1, 0.15) is 89.3 Å². The van der Waals surface area contributed by atoms with Gasteiger partial charge in [0.25, 0.3) is 0 Å². The molecule has 1 saturated heterocycles. The minimum absolute atomic E-state index is 0.0428. The number of nitrogens with zero attached hydrogens (tertiary/aromatic N) is 2. The zero-order chi connectivity index (χ0) is 14.7. The molecule has 0 bridgehead atoms. The Morgan fingerprint density at radius 1 is 1.29 bits per heavy atom. The lowest BCUT2D eigenvalue weighted by Crippen LogP contribution is -2.37. The zero-order valence-corrected chi connectivity index (χ0v) is 13.5. The minimum atomic E-state index is -0.0428. The van der Waals surface area contributed by atoms with E-state index in [0.29, 0.717) is 5.92 Å². The molecular weight excluding hydrogens is 262 g/mol. The van der Waals surface area contributed by atoms with Crippen LogP contribution in [0.2, 0.25) is 0 Å². The Hall–Kier alpha value is -0.900. The summed E-state index contributed by atoms with van der Waals surface area (Å²) in [5, 5.41) is 7.98. The van der Waals surface area contributed by atoms with E-state index in [0.717, 1.165) is 43.4 Å². The molecule has 3 atom stereocenters. The van der Waals surface area contributed by atoms with E-state index in [4.69, 9.17) is 9.51 Å². The van der Waals surface area contributed by atoms with Gasteiger partial charge in [0, 0.05) is 5.92 Å². The molecule has 4 nitrogen and oxygen atoms in total. The topological polar surface area (TPSA) is 51.0 Å². The van der Waals surface area contributed by atoms with Gasteiger partial charge in [-0.1, -0.05) is 44.7 Å². The molecule has 0 radical (unpaired) electrons. The largest absolute Gasteiger partial charge is 0.337 e. The molecule has 118 valence electrons. The van der Waals surface area contributed by atoms with Crippen LogP contribution >= 0.6 is 0 Å². The fourth-order valence-electron chi connectivity index (χ4n) is 4.23. The van der Waals surface area contributed by atoms with Gasteiger partial charge in [-0.15, -0.1) is 0 Å². The van der Waals surface area contributed by atoms with Crippen molar-refractivity contribution in [2.45, 2.75) is 83.1 Å². The van der Waals surface area contributed by atoms with E-state index in [1.54, 1.807) is 0 Å². The molecule has 1 N–H and O–H groups in total. The Morgan fingerprint density at radius 3 is 2.90 bits per heavy atom. The quantitative estimate of drug-likeness (QED) is 0.886. The summed E-state index contributed by atoms with van der Waals surface area (Å²) in [4.78, 5) is 4.84. The Bertz CT molecular complexity index is 451. The zero-order valence-electron chi connectivity index (χ0n) is 13.5. The van der Waals surface area contributed by atoms with Crippen LogP contribution < -0.4 is 5.32 Å². The van der Waals surface area contributed by atoms with Gasteiger partial charge in [0.1, 0.15) is 0 Å². The van der Waals surface area contributed by atoms with Gasteiger partial charge in [-0.3, -0.25) is 0 Å². The Balaban J connectivity index is 1.76. The van der Waals surface area contributed by atoms with E-state index in [1.807, 2.05) is 0 Å². The van der Waals surface area contributed by atoms with Crippen LogP contribution in [-0.4, -0.2) is 16.7 Å². The van der Waals surface area contributed by atoms with Crippen molar-refractivity contribution in [2.75, 3.05) is 6.54 Å². The van der Waals surface area contributed by atoms with Gasteiger partial charge >= 0.3 is 0 Å². The Morgan fingerprint density at radius 2 is 2.19 bits per heavy atom. The van der Waals surface area contributed by atoms with Crippen molar-refractivity contribution in [3.63, 3.8) is 0 Å². The second-order valence-electron chi connectivity index (χ2n) is 6.96. The first-order valence-electron chi connectivity index (χ1n) is 8.86. The van der Waals surface area contributed by atoms with Crippen molar-refractivity contribution in [2.24, 2.45) is 5.92 Å². The molecule has 3 unspecified atom stereocenters. The summed E-state index contributed by atoms with van der Waals surface area (Å²) in [6.45, 7) is 5.60. The van der Waals surface area contributed by atoms with Crippen molar-refractivity contribution >= 4 is 0 Å². The normalized spacial score (nSPS) is 33.4. The predicted molar refractivity (Wildman–Crippen MR) is 83.1 cm³/mol. The molecule has 2 aliphatic rings. The average molecular weight is 291 g/mol. The summed E-state index contributed by atoms with van der Waals surface area (Å²) in [6.07, 6.45) is 11.0. The van der Waals surface area contributed by atoms with Crippen LogP contribution in [0.3, 0.4) is 0 Å². The third-order valence-electron chi connectivity index (χ3n) is 5.50. The summed E-state index contributed by atoms with van der Waals surface area (Å²) in [5.74, 6) is 3.17. The monoisotopic (exact) mass is 291 g/mol. The number of aromatic nitrogens is 2.